The molecule has 2 aliphatic rings. The van der Waals surface area contributed by atoms with Gasteiger partial charge in [-0.15, -0.1) is 5.10 Å². The number of ether oxygens (including phenoxy) is 2. The van der Waals surface area contributed by atoms with Crippen molar-refractivity contribution in [2.45, 2.75) is 38.6 Å². The maximum atomic E-state index is 14.3. The van der Waals surface area contributed by atoms with E-state index in [0.29, 0.717) is 29.6 Å². The fourth-order valence-corrected chi connectivity index (χ4v) is 6.45. The van der Waals surface area contributed by atoms with Crippen molar-refractivity contribution < 1.29 is 27.5 Å². The largest absolute Gasteiger partial charge is 0.473 e. The number of halogens is 4. The standard InChI is InChI=1S/C36H30ClF3N6O2.CH5N.CH2O/c37-26-7-4-25(29(38)18-26)21-48-35-3-1-2-30(42-35)22-10-13-44(14-11-22)20-34-41-31-8-5-24(17-33(31)45(34)19-27-12-15-47-27)23-6-9-32-28(16-23)36(39)43-46(32)40;2*1-2/h1-10,16-18,27H,11-15,19-21H2;2H2,1H3;1H2. The summed E-state index contributed by atoms with van der Waals surface area (Å²) in [5.74, 6) is 0.119. The molecule has 0 radical (unpaired) electrons. The SMILES string of the molecule is C=O.CN.Fc1cc(Cl)ccc1COc1cccc(C2=CCN(Cc3nc4ccc(-c5ccc6c(c5)c(F)nn6F)cc4n3CC3CCO3)CC2)n1. The van der Waals surface area contributed by atoms with E-state index in [-0.39, 0.29) is 28.5 Å². The Morgan fingerprint density at radius 3 is 2.52 bits per heavy atom. The van der Waals surface area contributed by atoms with Gasteiger partial charge in [-0.1, -0.05) is 51.3 Å². The van der Waals surface area contributed by atoms with E-state index >= 15 is 0 Å². The maximum Gasteiger partial charge on any atom is 0.243 e. The first-order valence-electron chi connectivity index (χ1n) is 16.7. The molecule has 0 aliphatic carbocycles. The summed E-state index contributed by atoms with van der Waals surface area (Å²) in [5.41, 5.74) is 10.4. The van der Waals surface area contributed by atoms with E-state index in [1.807, 2.05) is 31.1 Å². The van der Waals surface area contributed by atoms with Crippen LogP contribution in [0.15, 0.2) is 78.9 Å². The molecule has 2 aliphatic heterocycles. The van der Waals surface area contributed by atoms with E-state index in [1.165, 1.54) is 19.2 Å². The van der Waals surface area contributed by atoms with Crippen molar-refractivity contribution in [3.05, 3.63) is 113 Å². The highest BCUT2D eigenvalue weighted by atomic mass is 35.5. The summed E-state index contributed by atoms with van der Waals surface area (Å²) in [6.07, 6.45) is 4.09. The summed E-state index contributed by atoms with van der Waals surface area (Å²) < 4.78 is 56.2. The lowest BCUT2D eigenvalue weighted by molar-refractivity contribution is -0.0980. The zero-order chi connectivity index (χ0) is 36.8. The van der Waals surface area contributed by atoms with Crippen molar-refractivity contribution >= 4 is 45.9 Å². The first-order valence-corrected chi connectivity index (χ1v) is 17.0. The molecule has 1 unspecified atom stereocenters. The maximum absolute atomic E-state index is 14.3. The summed E-state index contributed by atoms with van der Waals surface area (Å²) in [7, 11) is 1.50. The van der Waals surface area contributed by atoms with Gasteiger partial charge in [0.15, 0.2) is 0 Å². The number of carbonyl (C=O) groups is 1. The van der Waals surface area contributed by atoms with Gasteiger partial charge in [0.1, 0.15) is 30.6 Å². The molecule has 5 heterocycles. The van der Waals surface area contributed by atoms with Crippen LogP contribution in [0.3, 0.4) is 0 Å². The highest BCUT2D eigenvalue weighted by molar-refractivity contribution is 6.30. The molecule has 270 valence electrons. The number of benzene rings is 3. The van der Waals surface area contributed by atoms with Crippen LogP contribution in [0.4, 0.5) is 13.3 Å². The minimum Gasteiger partial charge on any atom is -0.473 e. The first-order chi connectivity index (χ1) is 25.4. The molecule has 0 spiro atoms. The molecule has 8 rings (SSSR count). The Labute approximate surface area is 303 Å². The summed E-state index contributed by atoms with van der Waals surface area (Å²) in [6.45, 7) is 5.68. The van der Waals surface area contributed by atoms with Gasteiger partial charge >= 0.3 is 0 Å². The second kappa shape index (κ2) is 16.5. The van der Waals surface area contributed by atoms with Crippen molar-refractivity contribution in [1.82, 2.24) is 29.4 Å². The van der Waals surface area contributed by atoms with Gasteiger partial charge in [0.25, 0.3) is 0 Å². The molecular weight excluding hydrogens is 695 g/mol. The molecule has 0 amide bonds. The number of nitrogens with zero attached hydrogens (tertiary/aromatic N) is 6. The Kier molecular flexibility index (Phi) is 11.7. The second-order valence-electron chi connectivity index (χ2n) is 12.1. The number of nitrogens with two attached hydrogens (primary N) is 1. The Bertz CT molecular complexity index is 2220. The number of pyridine rings is 1. The molecule has 3 aromatic carbocycles. The van der Waals surface area contributed by atoms with Crippen molar-refractivity contribution in [3.63, 3.8) is 0 Å². The minimum atomic E-state index is -0.841. The molecule has 1 saturated heterocycles. The van der Waals surface area contributed by atoms with Crippen LogP contribution in [0.25, 0.3) is 38.6 Å². The van der Waals surface area contributed by atoms with Crippen LogP contribution < -0.4 is 10.5 Å². The van der Waals surface area contributed by atoms with Crippen LogP contribution in [-0.4, -0.2) is 69.1 Å². The van der Waals surface area contributed by atoms with Gasteiger partial charge in [-0.05, 0) is 79.1 Å². The molecule has 3 aromatic heterocycles. The molecule has 10 nitrogen and oxygen atoms in total. The summed E-state index contributed by atoms with van der Waals surface area (Å²) in [4.78, 5) is 20.1. The van der Waals surface area contributed by atoms with Gasteiger partial charge in [-0.2, -0.15) is 4.39 Å². The number of imidazole rings is 1. The van der Waals surface area contributed by atoms with Crippen LogP contribution in [0.5, 0.6) is 5.88 Å². The summed E-state index contributed by atoms with van der Waals surface area (Å²) in [5, 5.41) is 3.74. The number of hydrogen-bond acceptors (Lipinski definition) is 8. The van der Waals surface area contributed by atoms with Crippen LogP contribution in [0.1, 0.15) is 29.9 Å². The lowest BCUT2D eigenvalue weighted by Gasteiger charge is -2.29. The lowest BCUT2D eigenvalue weighted by Crippen LogP contribution is -2.33. The van der Waals surface area contributed by atoms with E-state index < -0.39 is 11.8 Å². The number of aromatic nitrogens is 5. The van der Waals surface area contributed by atoms with Crippen LogP contribution in [-0.2, 0) is 29.2 Å². The zero-order valence-electron chi connectivity index (χ0n) is 28.4. The first kappa shape index (κ1) is 36.7. The third-order valence-corrected chi connectivity index (χ3v) is 9.27. The molecule has 2 N–H and O–H groups in total. The molecule has 6 aromatic rings. The smallest absolute Gasteiger partial charge is 0.243 e. The molecule has 0 saturated carbocycles. The Morgan fingerprint density at radius 2 is 1.79 bits per heavy atom. The topological polar surface area (TPSA) is 113 Å². The lowest BCUT2D eigenvalue weighted by atomic mass is 10.0. The van der Waals surface area contributed by atoms with Crippen molar-refractivity contribution in [3.8, 4) is 17.0 Å². The van der Waals surface area contributed by atoms with E-state index in [2.05, 4.69) is 37.4 Å². The average Bonchev–Trinajstić information content (AvgIpc) is 3.64. The quantitative estimate of drug-likeness (QED) is 0.167. The van der Waals surface area contributed by atoms with Gasteiger partial charge in [0.05, 0.1) is 41.3 Å². The summed E-state index contributed by atoms with van der Waals surface area (Å²) in [6, 6.07) is 21.1. The van der Waals surface area contributed by atoms with Crippen molar-refractivity contribution in [2.75, 3.05) is 26.7 Å². The highest BCUT2D eigenvalue weighted by Gasteiger charge is 2.24. The number of carbonyl (C=O) groups excluding carboxylic acids is 1. The number of rotatable bonds is 9. The molecule has 52 heavy (non-hydrogen) atoms. The molecule has 1 fully saturated rings. The molecule has 1 atom stereocenters. The average molecular weight is 732 g/mol. The van der Waals surface area contributed by atoms with Crippen molar-refractivity contribution in [1.29, 1.82) is 0 Å². The second-order valence-corrected chi connectivity index (χ2v) is 12.5. The minimum absolute atomic E-state index is 0.0548. The Morgan fingerprint density at radius 1 is 1.00 bits per heavy atom. The Balaban J connectivity index is 0.00000112. The van der Waals surface area contributed by atoms with Crippen LogP contribution in [0.2, 0.25) is 5.02 Å². The van der Waals surface area contributed by atoms with E-state index in [0.717, 1.165) is 71.8 Å². The van der Waals surface area contributed by atoms with Gasteiger partial charge in [-0.3, -0.25) is 4.90 Å². The van der Waals surface area contributed by atoms with Crippen LogP contribution in [0, 0.1) is 11.8 Å². The predicted octanol–water partition coefficient (Wildman–Crippen LogP) is 7.16. The van der Waals surface area contributed by atoms with Crippen LogP contribution >= 0.6 is 11.6 Å². The fourth-order valence-electron chi connectivity index (χ4n) is 6.29. The number of hydrogen-bond donors (Lipinski definition) is 1. The molecular formula is C38H37ClF3N7O3. The Hall–Kier alpha value is -5.08. The fraction of sp³-hybridized carbons (Fsp3) is 0.263. The van der Waals surface area contributed by atoms with Gasteiger partial charge in [0.2, 0.25) is 11.8 Å². The zero-order valence-corrected chi connectivity index (χ0v) is 29.2. The number of fused-ring (bicyclic) bond motifs is 2. The normalized spacial score (nSPS) is 15.7. The van der Waals surface area contributed by atoms with E-state index in [4.69, 9.17) is 30.9 Å². The third kappa shape index (κ3) is 7.87. The van der Waals surface area contributed by atoms with E-state index in [1.54, 1.807) is 30.3 Å². The third-order valence-electron chi connectivity index (χ3n) is 9.03. The van der Waals surface area contributed by atoms with Gasteiger partial charge < -0.3 is 24.6 Å². The predicted molar refractivity (Wildman–Crippen MR) is 194 cm³/mol. The highest BCUT2D eigenvalue weighted by Crippen LogP contribution is 2.31. The van der Waals surface area contributed by atoms with Gasteiger partial charge in [-0.25, -0.2) is 14.4 Å². The van der Waals surface area contributed by atoms with Gasteiger partial charge in [0, 0.05) is 36.3 Å². The van der Waals surface area contributed by atoms with E-state index in [9.17, 15) is 13.3 Å². The van der Waals surface area contributed by atoms with Crippen molar-refractivity contribution in [2.24, 2.45) is 5.73 Å². The molecule has 0 bridgehead atoms. The summed E-state index contributed by atoms with van der Waals surface area (Å²) >= 11 is 5.86. The monoisotopic (exact) mass is 731 g/mol. The molecule has 14 heteroatoms.